The standard InChI is InChI=1S/C23H30O5/c1-3-4-8-12-23(2,26)13-11-17-18-14-21(24)27-20(18)15-19(17)28-22(25)16-9-6-5-7-10-16/h5-7,9-11,13,17-20,26H,3-4,8,12,14-15H2,1-2H3/t17?,18?,19?,20?,23-/m0/s1. The summed E-state index contributed by atoms with van der Waals surface area (Å²) in [6, 6.07) is 8.89. The zero-order chi connectivity index (χ0) is 20.1. The number of carbonyl (C=O) groups excluding carboxylic acids is 2. The Bertz CT molecular complexity index is 709. The van der Waals surface area contributed by atoms with Gasteiger partial charge in [-0.25, -0.2) is 4.79 Å². The Morgan fingerprint density at radius 3 is 2.79 bits per heavy atom. The lowest BCUT2D eigenvalue weighted by molar-refractivity contribution is -0.141. The molecule has 0 radical (unpaired) electrons. The lowest BCUT2D eigenvalue weighted by Gasteiger charge is -2.23. The minimum Gasteiger partial charge on any atom is -0.462 e. The van der Waals surface area contributed by atoms with Gasteiger partial charge in [-0.15, -0.1) is 0 Å². The topological polar surface area (TPSA) is 72.8 Å². The van der Waals surface area contributed by atoms with Crippen LogP contribution >= 0.6 is 0 Å². The minimum atomic E-state index is -0.912. The SMILES string of the molecule is CCCCC[C@](C)(O)C=CC1C(OC(=O)c2ccccc2)CC2OC(=O)CC21. The number of benzene rings is 1. The first-order valence-electron chi connectivity index (χ1n) is 10.3. The largest absolute Gasteiger partial charge is 0.462 e. The van der Waals surface area contributed by atoms with Crippen LogP contribution in [0.1, 0.15) is 62.7 Å². The molecule has 1 heterocycles. The van der Waals surface area contributed by atoms with Crippen LogP contribution < -0.4 is 0 Å². The van der Waals surface area contributed by atoms with E-state index in [9.17, 15) is 14.7 Å². The van der Waals surface area contributed by atoms with Gasteiger partial charge in [0.15, 0.2) is 0 Å². The van der Waals surface area contributed by atoms with E-state index in [4.69, 9.17) is 9.47 Å². The van der Waals surface area contributed by atoms with Crippen LogP contribution in [0.5, 0.6) is 0 Å². The third kappa shape index (κ3) is 5.02. The van der Waals surface area contributed by atoms with Gasteiger partial charge in [-0.1, -0.05) is 56.5 Å². The number of rotatable bonds is 8. The first-order chi connectivity index (χ1) is 13.4. The summed E-state index contributed by atoms with van der Waals surface area (Å²) < 4.78 is 11.2. The lowest BCUT2D eigenvalue weighted by atomic mass is 9.89. The van der Waals surface area contributed by atoms with Crippen molar-refractivity contribution in [3.63, 3.8) is 0 Å². The van der Waals surface area contributed by atoms with Crippen LogP contribution in [0.15, 0.2) is 42.5 Å². The maximum atomic E-state index is 12.5. The molecule has 1 N–H and O–H groups in total. The zero-order valence-electron chi connectivity index (χ0n) is 16.7. The van der Waals surface area contributed by atoms with E-state index in [1.807, 2.05) is 18.2 Å². The summed E-state index contributed by atoms with van der Waals surface area (Å²) in [7, 11) is 0. The van der Waals surface area contributed by atoms with Crippen LogP contribution in [0, 0.1) is 11.8 Å². The molecule has 0 amide bonds. The molecule has 2 fully saturated rings. The molecule has 1 aliphatic carbocycles. The Kier molecular flexibility index (Phi) is 6.55. The number of unbranched alkanes of at least 4 members (excludes halogenated alkanes) is 2. The second-order valence-electron chi connectivity index (χ2n) is 8.19. The van der Waals surface area contributed by atoms with Crippen molar-refractivity contribution in [3.8, 4) is 0 Å². The van der Waals surface area contributed by atoms with Crippen LogP contribution in [0.3, 0.4) is 0 Å². The average Bonchev–Trinajstić information content (AvgIpc) is 3.16. The Labute approximate surface area is 166 Å². The van der Waals surface area contributed by atoms with Gasteiger partial charge in [-0.3, -0.25) is 4.79 Å². The van der Waals surface area contributed by atoms with Gasteiger partial charge in [0, 0.05) is 18.3 Å². The van der Waals surface area contributed by atoms with E-state index in [1.54, 1.807) is 31.2 Å². The molecule has 5 nitrogen and oxygen atoms in total. The molecule has 0 aromatic heterocycles. The number of ether oxygens (including phenoxy) is 2. The lowest BCUT2D eigenvalue weighted by Crippen LogP contribution is -2.26. The molecule has 5 heteroatoms. The number of esters is 2. The van der Waals surface area contributed by atoms with Gasteiger partial charge in [-0.2, -0.15) is 0 Å². The van der Waals surface area contributed by atoms with Crippen molar-refractivity contribution < 1.29 is 24.2 Å². The van der Waals surface area contributed by atoms with Crippen molar-refractivity contribution in [3.05, 3.63) is 48.0 Å². The van der Waals surface area contributed by atoms with Gasteiger partial charge in [0.2, 0.25) is 0 Å². The first kappa shape index (κ1) is 20.6. The highest BCUT2D eigenvalue weighted by atomic mass is 16.6. The number of hydrogen-bond acceptors (Lipinski definition) is 5. The molecular weight excluding hydrogens is 356 g/mol. The van der Waals surface area contributed by atoms with E-state index in [1.165, 1.54) is 0 Å². The Morgan fingerprint density at radius 2 is 2.07 bits per heavy atom. The molecular formula is C23H30O5. The third-order valence-corrected chi connectivity index (χ3v) is 5.78. The Hall–Kier alpha value is -2.14. The molecule has 0 spiro atoms. The highest BCUT2D eigenvalue weighted by Crippen LogP contribution is 2.44. The second kappa shape index (κ2) is 8.91. The van der Waals surface area contributed by atoms with Crippen LogP contribution in [0.2, 0.25) is 0 Å². The van der Waals surface area contributed by atoms with Gasteiger partial charge in [-0.05, 0) is 25.5 Å². The van der Waals surface area contributed by atoms with Crippen molar-refractivity contribution in [2.45, 2.75) is 70.2 Å². The molecule has 3 rings (SSSR count). The Balaban J connectivity index is 1.71. The van der Waals surface area contributed by atoms with Crippen LogP contribution in [0.4, 0.5) is 0 Å². The predicted octanol–water partition coefficient (Wildman–Crippen LogP) is 4.05. The first-order valence-corrected chi connectivity index (χ1v) is 10.3. The average molecular weight is 386 g/mol. The molecule has 152 valence electrons. The fourth-order valence-corrected chi connectivity index (χ4v) is 4.20. The van der Waals surface area contributed by atoms with Crippen LogP contribution in [-0.4, -0.2) is 34.9 Å². The maximum absolute atomic E-state index is 12.5. The molecule has 2 aliphatic rings. The molecule has 1 saturated heterocycles. The number of fused-ring (bicyclic) bond motifs is 1. The number of aliphatic hydroxyl groups is 1. The van der Waals surface area contributed by atoms with Gasteiger partial charge in [0.1, 0.15) is 12.2 Å². The summed E-state index contributed by atoms with van der Waals surface area (Å²) in [6.45, 7) is 3.93. The van der Waals surface area contributed by atoms with Crippen LogP contribution in [0.25, 0.3) is 0 Å². The summed E-state index contributed by atoms with van der Waals surface area (Å²) in [4.78, 5) is 24.2. The van der Waals surface area contributed by atoms with Gasteiger partial charge in [0.05, 0.1) is 17.6 Å². The van der Waals surface area contributed by atoms with Gasteiger partial charge < -0.3 is 14.6 Å². The zero-order valence-corrected chi connectivity index (χ0v) is 16.7. The molecule has 28 heavy (non-hydrogen) atoms. The molecule has 1 aromatic carbocycles. The van der Waals surface area contributed by atoms with E-state index in [0.717, 1.165) is 19.3 Å². The fraction of sp³-hybridized carbons (Fsp3) is 0.565. The number of carbonyl (C=O) groups is 2. The van der Waals surface area contributed by atoms with Crippen molar-refractivity contribution in [2.24, 2.45) is 11.8 Å². The predicted molar refractivity (Wildman–Crippen MR) is 106 cm³/mol. The van der Waals surface area contributed by atoms with Gasteiger partial charge >= 0.3 is 11.9 Å². The minimum absolute atomic E-state index is 0.0104. The van der Waals surface area contributed by atoms with E-state index >= 15 is 0 Å². The smallest absolute Gasteiger partial charge is 0.338 e. The summed E-state index contributed by atoms with van der Waals surface area (Å²) in [5, 5.41) is 10.6. The highest BCUT2D eigenvalue weighted by Gasteiger charge is 2.50. The summed E-state index contributed by atoms with van der Waals surface area (Å²) in [6.07, 6.45) is 7.81. The van der Waals surface area contributed by atoms with Crippen molar-refractivity contribution in [1.29, 1.82) is 0 Å². The highest BCUT2D eigenvalue weighted by molar-refractivity contribution is 5.89. The maximum Gasteiger partial charge on any atom is 0.338 e. The molecule has 5 atom stereocenters. The quantitative estimate of drug-likeness (QED) is 0.414. The number of hydrogen-bond donors (Lipinski definition) is 1. The van der Waals surface area contributed by atoms with Crippen molar-refractivity contribution in [1.82, 2.24) is 0 Å². The van der Waals surface area contributed by atoms with E-state index in [0.29, 0.717) is 24.8 Å². The van der Waals surface area contributed by atoms with E-state index in [2.05, 4.69) is 6.92 Å². The van der Waals surface area contributed by atoms with E-state index < -0.39 is 5.60 Å². The molecule has 1 aromatic rings. The molecule has 4 unspecified atom stereocenters. The second-order valence-corrected chi connectivity index (χ2v) is 8.19. The Morgan fingerprint density at radius 1 is 1.32 bits per heavy atom. The molecule has 1 saturated carbocycles. The van der Waals surface area contributed by atoms with Crippen molar-refractivity contribution >= 4 is 11.9 Å². The summed E-state index contributed by atoms with van der Waals surface area (Å²) in [5.74, 6) is -0.716. The normalized spacial score (nSPS) is 28.8. The molecule has 0 bridgehead atoms. The summed E-state index contributed by atoms with van der Waals surface area (Å²) in [5.41, 5.74) is -0.407. The fourth-order valence-electron chi connectivity index (χ4n) is 4.20. The molecule has 1 aliphatic heterocycles. The monoisotopic (exact) mass is 386 g/mol. The van der Waals surface area contributed by atoms with Crippen LogP contribution in [-0.2, 0) is 14.3 Å². The van der Waals surface area contributed by atoms with Crippen molar-refractivity contribution in [2.75, 3.05) is 0 Å². The summed E-state index contributed by atoms with van der Waals surface area (Å²) >= 11 is 0. The van der Waals surface area contributed by atoms with Gasteiger partial charge in [0.25, 0.3) is 0 Å². The third-order valence-electron chi connectivity index (χ3n) is 5.78. The van der Waals surface area contributed by atoms with E-state index in [-0.39, 0.29) is 36.0 Å².